The molecule has 0 spiro atoms. The van der Waals surface area contributed by atoms with Gasteiger partial charge in [0.05, 0.1) is 19.9 Å². The van der Waals surface area contributed by atoms with E-state index in [1.165, 1.54) is 0 Å². The van der Waals surface area contributed by atoms with Crippen LogP contribution in [0.3, 0.4) is 0 Å². The number of anilines is 1. The largest absolute Gasteiger partial charge is 0.493 e. The fraction of sp³-hybridized carbons (Fsp3) is 0.286. The summed E-state index contributed by atoms with van der Waals surface area (Å²) in [5.74, 6) is 2.54. The van der Waals surface area contributed by atoms with Crippen LogP contribution in [-0.4, -0.2) is 24.2 Å². The molecule has 0 aliphatic heterocycles. The third-order valence-corrected chi connectivity index (χ3v) is 2.79. The van der Waals surface area contributed by atoms with Crippen LogP contribution in [0.1, 0.15) is 12.7 Å². The monoisotopic (exact) mass is 259 g/mol. The van der Waals surface area contributed by atoms with Gasteiger partial charge in [0, 0.05) is 18.1 Å². The van der Waals surface area contributed by atoms with Gasteiger partial charge in [-0.3, -0.25) is 0 Å². The second-order valence-electron chi connectivity index (χ2n) is 4.02. The number of benzene rings is 1. The van der Waals surface area contributed by atoms with Gasteiger partial charge in [0.1, 0.15) is 11.6 Å². The SMILES string of the molecule is CCc1nc(N)cc(-c2ccc(OC)c(OC)c2)n1. The Kier molecular flexibility index (Phi) is 3.85. The number of aryl methyl sites for hydroxylation is 1. The molecular weight excluding hydrogens is 242 g/mol. The molecule has 0 bridgehead atoms. The first-order chi connectivity index (χ1) is 9.17. The van der Waals surface area contributed by atoms with Gasteiger partial charge in [-0.15, -0.1) is 0 Å². The highest BCUT2D eigenvalue weighted by atomic mass is 16.5. The second kappa shape index (κ2) is 5.56. The van der Waals surface area contributed by atoms with E-state index in [0.717, 1.165) is 23.5 Å². The van der Waals surface area contributed by atoms with E-state index in [1.807, 2.05) is 25.1 Å². The molecule has 0 aliphatic carbocycles. The van der Waals surface area contributed by atoms with E-state index in [1.54, 1.807) is 20.3 Å². The maximum atomic E-state index is 5.79. The van der Waals surface area contributed by atoms with Crippen molar-refractivity contribution in [3.63, 3.8) is 0 Å². The predicted octanol–water partition coefficient (Wildman–Crippen LogP) is 2.31. The van der Waals surface area contributed by atoms with E-state index >= 15 is 0 Å². The zero-order valence-corrected chi connectivity index (χ0v) is 11.3. The minimum Gasteiger partial charge on any atom is -0.493 e. The highest BCUT2D eigenvalue weighted by Gasteiger charge is 2.09. The molecular formula is C14H17N3O2. The Hall–Kier alpha value is -2.30. The maximum absolute atomic E-state index is 5.79. The highest BCUT2D eigenvalue weighted by molar-refractivity contribution is 5.65. The smallest absolute Gasteiger partial charge is 0.161 e. The Morgan fingerprint density at radius 2 is 1.79 bits per heavy atom. The maximum Gasteiger partial charge on any atom is 0.161 e. The number of hydrogen-bond donors (Lipinski definition) is 1. The summed E-state index contributed by atoms with van der Waals surface area (Å²) in [5.41, 5.74) is 7.49. The molecule has 0 saturated carbocycles. The Morgan fingerprint density at radius 1 is 1.05 bits per heavy atom. The van der Waals surface area contributed by atoms with Crippen molar-refractivity contribution in [2.45, 2.75) is 13.3 Å². The molecule has 1 heterocycles. The molecule has 0 atom stereocenters. The van der Waals surface area contributed by atoms with Crippen LogP contribution in [0.4, 0.5) is 5.82 Å². The summed E-state index contributed by atoms with van der Waals surface area (Å²) in [5, 5.41) is 0. The number of hydrogen-bond acceptors (Lipinski definition) is 5. The third-order valence-electron chi connectivity index (χ3n) is 2.79. The number of methoxy groups -OCH3 is 2. The van der Waals surface area contributed by atoms with Crippen LogP contribution < -0.4 is 15.2 Å². The topological polar surface area (TPSA) is 70.3 Å². The Bertz CT molecular complexity index is 585. The molecule has 2 aromatic rings. The van der Waals surface area contributed by atoms with Crippen molar-refractivity contribution in [2.24, 2.45) is 0 Å². The summed E-state index contributed by atoms with van der Waals surface area (Å²) in [6.45, 7) is 1.99. The number of rotatable bonds is 4. The predicted molar refractivity (Wildman–Crippen MR) is 74.4 cm³/mol. The summed E-state index contributed by atoms with van der Waals surface area (Å²) in [6.07, 6.45) is 0.741. The quantitative estimate of drug-likeness (QED) is 0.912. The number of nitrogens with zero attached hydrogens (tertiary/aromatic N) is 2. The molecule has 100 valence electrons. The Balaban J connectivity index is 2.49. The van der Waals surface area contributed by atoms with Crippen molar-refractivity contribution < 1.29 is 9.47 Å². The molecule has 1 aromatic carbocycles. The summed E-state index contributed by atoms with van der Waals surface area (Å²) in [7, 11) is 3.21. The van der Waals surface area contributed by atoms with E-state index in [9.17, 15) is 0 Å². The average molecular weight is 259 g/mol. The van der Waals surface area contributed by atoms with Gasteiger partial charge < -0.3 is 15.2 Å². The molecule has 5 heteroatoms. The first-order valence-electron chi connectivity index (χ1n) is 6.03. The van der Waals surface area contributed by atoms with Crippen molar-refractivity contribution in [3.8, 4) is 22.8 Å². The van der Waals surface area contributed by atoms with Gasteiger partial charge in [-0.1, -0.05) is 6.92 Å². The van der Waals surface area contributed by atoms with Crippen molar-refractivity contribution in [1.29, 1.82) is 0 Å². The van der Waals surface area contributed by atoms with Gasteiger partial charge in [-0.2, -0.15) is 0 Å². The van der Waals surface area contributed by atoms with Crippen LogP contribution in [0.15, 0.2) is 24.3 Å². The number of nitrogen functional groups attached to an aromatic ring is 1. The molecule has 19 heavy (non-hydrogen) atoms. The lowest BCUT2D eigenvalue weighted by Crippen LogP contribution is -2.00. The Morgan fingerprint density at radius 3 is 2.42 bits per heavy atom. The van der Waals surface area contributed by atoms with E-state index in [0.29, 0.717) is 17.3 Å². The third kappa shape index (κ3) is 2.76. The van der Waals surface area contributed by atoms with Gasteiger partial charge >= 0.3 is 0 Å². The van der Waals surface area contributed by atoms with Crippen LogP contribution in [-0.2, 0) is 6.42 Å². The normalized spacial score (nSPS) is 10.3. The van der Waals surface area contributed by atoms with Crippen molar-refractivity contribution in [1.82, 2.24) is 9.97 Å². The van der Waals surface area contributed by atoms with Crippen LogP contribution in [0.25, 0.3) is 11.3 Å². The van der Waals surface area contributed by atoms with Gasteiger partial charge in [0.2, 0.25) is 0 Å². The first kappa shape index (κ1) is 13.1. The molecule has 0 amide bonds. The fourth-order valence-electron chi connectivity index (χ4n) is 1.82. The molecule has 0 saturated heterocycles. The van der Waals surface area contributed by atoms with E-state index in [4.69, 9.17) is 15.2 Å². The molecule has 0 radical (unpaired) electrons. The molecule has 2 rings (SSSR count). The van der Waals surface area contributed by atoms with E-state index in [-0.39, 0.29) is 0 Å². The van der Waals surface area contributed by atoms with Gasteiger partial charge in [0.15, 0.2) is 11.5 Å². The average Bonchev–Trinajstić information content (AvgIpc) is 2.45. The Labute approximate surface area is 112 Å². The number of nitrogens with two attached hydrogens (primary N) is 1. The lowest BCUT2D eigenvalue weighted by atomic mass is 10.1. The molecule has 2 N–H and O–H groups in total. The summed E-state index contributed by atoms with van der Waals surface area (Å²) >= 11 is 0. The van der Waals surface area contributed by atoms with Crippen LogP contribution in [0.5, 0.6) is 11.5 Å². The van der Waals surface area contributed by atoms with Crippen molar-refractivity contribution >= 4 is 5.82 Å². The number of ether oxygens (including phenoxy) is 2. The summed E-state index contributed by atoms with van der Waals surface area (Å²) in [6, 6.07) is 7.39. The summed E-state index contributed by atoms with van der Waals surface area (Å²) in [4.78, 5) is 8.63. The van der Waals surface area contributed by atoms with Gasteiger partial charge in [0.25, 0.3) is 0 Å². The zero-order valence-electron chi connectivity index (χ0n) is 11.3. The van der Waals surface area contributed by atoms with Gasteiger partial charge in [-0.25, -0.2) is 9.97 Å². The van der Waals surface area contributed by atoms with Gasteiger partial charge in [-0.05, 0) is 18.2 Å². The first-order valence-corrected chi connectivity index (χ1v) is 6.03. The molecule has 1 aromatic heterocycles. The van der Waals surface area contributed by atoms with Crippen molar-refractivity contribution in [2.75, 3.05) is 20.0 Å². The molecule has 0 aliphatic rings. The van der Waals surface area contributed by atoms with Crippen molar-refractivity contribution in [3.05, 3.63) is 30.1 Å². The minimum absolute atomic E-state index is 0.469. The fourth-order valence-corrected chi connectivity index (χ4v) is 1.82. The van der Waals surface area contributed by atoms with Crippen LogP contribution >= 0.6 is 0 Å². The lowest BCUT2D eigenvalue weighted by molar-refractivity contribution is 0.355. The van der Waals surface area contributed by atoms with Crippen LogP contribution in [0, 0.1) is 0 Å². The summed E-state index contributed by atoms with van der Waals surface area (Å²) < 4.78 is 10.5. The van der Waals surface area contributed by atoms with E-state index < -0.39 is 0 Å². The molecule has 0 unspecified atom stereocenters. The lowest BCUT2D eigenvalue weighted by Gasteiger charge is -2.10. The standard InChI is InChI=1S/C14H17N3O2/c1-4-14-16-10(8-13(15)17-14)9-5-6-11(18-2)12(7-9)19-3/h5-8H,4H2,1-3H3,(H2,15,16,17). The molecule has 0 fully saturated rings. The van der Waals surface area contributed by atoms with Crippen LogP contribution in [0.2, 0.25) is 0 Å². The second-order valence-corrected chi connectivity index (χ2v) is 4.02. The zero-order chi connectivity index (χ0) is 13.8. The molecule has 5 nitrogen and oxygen atoms in total. The highest BCUT2D eigenvalue weighted by Crippen LogP contribution is 2.31. The van der Waals surface area contributed by atoms with E-state index in [2.05, 4.69) is 9.97 Å². The minimum atomic E-state index is 0.469. The number of aromatic nitrogens is 2.